The van der Waals surface area contributed by atoms with Crippen LogP contribution in [0.2, 0.25) is 0 Å². The third kappa shape index (κ3) is 1.77. The van der Waals surface area contributed by atoms with E-state index in [0.29, 0.717) is 5.56 Å². The number of rotatable bonds is 0. The quantitative estimate of drug-likeness (QED) is 0.689. The van der Waals surface area contributed by atoms with E-state index in [9.17, 15) is 18.6 Å². The van der Waals surface area contributed by atoms with Gasteiger partial charge in [0.2, 0.25) is 10.0 Å². The lowest BCUT2D eigenvalue weighted by molar-refractivity contribution is 0.252. The minimum atomic E-state index is -3.58. The van der Waals surface area contributed by atoms with Crippen LogP contribution in [0.4, 0.5) is 0 Å². The molecule has 2 N–H and O–H groups in total. The SMILES string of the molecule is CC(C)(C)N1Cc2cc(O)c(O)cc2S1(=O)=O. The Morgan fingerprint density at radius 2 is 1.71 bits per heavy atom. The number of nitrogens with zero attached hydrogens (tertiary/aromatic N) is 1. The van der Waals surface area contributed by atoms with Crippen LogP contribution in [0.15, 0.2) is 17.0 Å². The highest BCUT2D eigenvalue weighted by molar-refractivity contribution is 7.89. The van der Waals surface area contributed by atoms with E-state index in [1.807, 2.05) is 0 Å². The van der Waals surface area contributed by atoms with E-state index in [4.69, 9.17) is 0 Å². The van der Waals surface area contributed by atoms with Crippen molar-refractivity contribution in [3.8, 4) is 11.5 Å². The highest BCUT2D eigenvalue weighted by Gasteiger charge is 2.41. The summed E-state index contributed by atoms with van der Waals surface area (Å²) in [7, 11) is -3.58. The zero-order valence-corrected chi connectivity index (χ0v) is 10.7. The fourth-order valence-electron chi connectivity index (χ4n) is 1.92. The number of phenols is 2. The van der Waals surface area contributed by atoms with Crippen molar-refractivity contribution in [1.29, 1.82) is 0 Å². The minimum Gasteiger partial charge on any atom is -0.504 e. The standard InChI is InChI=1S/C11H15NO4S/c1-11(2,3)12-6-7-4-8(13)9(14)5-10(7)17(12,15)16/h4-5,13-14H,6H2,1-3H3. The van der Waals surface area contributed by atoms with Crippen molar-refractivity contribution in [2.75, 3.05) is 0 Å². The summed E-state index contributed by atoms with van der Waals surface area (Å²) in [4.78, 5) is 0.0720. The van der Waals surface area contributed by atoms with Crippen LogP contribution in [0, 0.1) is 0 Å². The summed E-state index contributed by atoms with van der Waals surface area (Å²) in [6.45, 7) is 5.62. The van der Waals surface area contributed by atoms with Crippen LogP contribution in [0.1, 0.15) is 26.3 Å². The number of benzene rings is 1. The molecular formula is C11H15NO4S. The van der Waals surface area contributed by atoms with Crippen molar-refractivity contribution in [2.24, 2.45) is 0 Å². The molecule has 0 spiro atoms. The molecule has 1 aliphatic heterocycles. The molecule has 1 aromatic carbocycles. The number of fused-ring (bicyclic) bond motifs is 1. The maximum atomic E-state index is 12.2. The summed E-state index contributed by atoms with van der Waals surface area (Å²) in [5, 5.41) is 18.8. The van der Waals surface area contributed by atoms with Crippen LogP contribution < -0.4 is 0 Å². The van der Waals surface area contributed by atoms with Gasteiger partial charge in [-0.25, -0.2) is 8.42 Å². The van der Waals surface area contributed by atoms with E-state index in [1.165, 1.54) is 10.4 Å². The van der Waals surface area contributed by atoms with Crippen LogP contribution in [0.25, 0.3) is 0 Å². The predicted octanol–water partition coefficient (Wildman–Crippen LogP) is 1.40. The maximum Gasteiger partial charge on any atom is 0.244 e. The molecule has 1 heterocycles. The monoisotopic (exact) mass is 257 g/mol. The van der Waals surface area contributed by atoms with Crippen molar-refractivity contribution in [3.05, 3.63) is 17.7 Å². The van der Waals surface area contributed by atoms with Crippen molar-refractivity contribution in [1.82, 2.24) is 4.31 Å². The first-order valence-electron chi connectivity index (χ1n) is 5.22. The summed E-state index contributed by atoms with van der Waals surface area (Å²) in [5.41, 5.74) is -0.0291. The minimum absolute atomic E-state index is 0.0720. The van der Waals surface area contributed by atoms with Gasteiger partial charge in [0.25, 0.3) is 0 Å². The number of sulfonamides is 1. The third-order valence-corrected chi connectivity index (χ3v) is 4.98. The van der Waals surface area contributed by atoms with Crippen molar-refractivity contribution in [3.63, 3.8) is 0 Å². The molecule has 0 amide bonds. The second-order valence-corrected chi connectivity index (χ2v) is 6.96. The van der Waals surface area contributed by atoms with Crippen LogP contribution in [0.3, 0.4) is 0 Å². The number of hydrogen-bond donors (Lipinski definition) is 2. The Bertz CT molecular complexity index is 572. The molecule has 5 nitrogen and oxygen atoms in total. The second-order valence-electron chi connectivity index (χ2n) is 5.13. The van der Waals surface area contributed by atoms with Crippen LogP contribution >= 0.6 is 0 Å². The lowest BCUT2D eigenvalue weighted by Crippen LogP contribution is -2.41. The molecule has 0 aromatic heterocycles. The van der Waals surface area contributed by atoms with Crippen LogP contribution in [0.5, 0.6) is 11.5 Å². The molecule has 0 fully saturated rings. The van der Waals surface area contributed by atoms with Crippen LogP contribution in [-0.4, -0.2) is 28.5 Å². The van der Waals surface area contributed by atoms with Gasteiger partial charge < -0.3 is 10.2 Å². The van der Waals surface area contributed by atoms with E-state index in [1.54, 1.807) is 20.8 Å². The number of aromatic hydroxyl groups is 2. The Labute approximate surface area is 100 Å². The third-order valence-electron chi connectivity index (χ3n) is 2.79. The Balaban J connectivity index is 2.63. The van der Waals surface area contributed by atoms with Gasteiger partial charge in [-0.1, -0.05) is 0 Å². The zero-order valence-electron chi connectivity index (χ0n) is 9.93. The maximum absolute atomic E-state index is 12.2. The van der Waals surface area contributed by atoms with Crippen LogP contribution in [-0.2, 0) is 16.6 Å². The van der Waals surface area contributed by atoms with E-state index in [-0.39, 0.29) is 17.2 Å². The number of hydrogen-bond acceptors (Lipinski definition) is 4. The van der Waals surface area contributed by atoms with Crippen molar-refractivity contribution in [2.45, 2.75) is 37.8 Å². The largest absolute Gasteiger partial charge is 0.504 e. The predicted molar refractivity (Wildman–Crippen MR) is 62.3 cm³/mol. The first kappa shape index (κ1) is 12.2. The lowest BCUT2D eigenvalue weighted by atomic mass is 10.1. The van der Waals surface area contributed by atoms with Gasteiger partial charge in [0.15, 0.2) is 11.5 Å². The van der Waals surface area contributed by atoms with E-state index < -0.39 is 21.3 Å². The summed E-state index contributed by atoms with van der Waals surface area (Å²) < 4.78 is 25.8. The van der Waals surface area contributed by atoms with Crippen molar-refractivity contribution < 1.29 is 18.6 Å². The van der Waals surface area contributed by atoms with Gasteiger partial charge in [-0.15, -0.1) is 0 Å². The molecule has 0 bridgehead atoms. The summed E-state index contributed by atoms with van der Waals surface area (Å²) >= 11 is 0. The summed E-state index contributed by atoms with van der Waals surface area (Å²) in [6.07, 6.45) is 0. The molecular weight excluding hydrogens is 242 g/mol. The second kappa shape index (κ2) is 3.36. The Kier molecular flexibility index (Phi) is 2.41. The Morgan fingerprint density at radius 1 is 1.18 bits per heavy atom. The van der Waals surface area contributed by atoms with Gasteiger partial charge in [0.1, 0.15) is 0 Å². The molecule has 0 aliphatic carbocycles. The molecule has 94 valence electrons. The number of phenolic OH excluding ortho intramolecular Hbond substituents is 2. The van der Waals surface area contributed by atoms with Gasteiger partial charge >= 0.3 is 0 Å². The molecule has 0 unspecified atom stereocenters. The normalized spacial score (nSPS) is 19.2. The first-order chi connectivity index (χ1) is 7.64. The van der Waals surface area contributed by atoms with E-state index in [0.717, 1.165) is 6.07 Å². The topological polar surface area (TPSA) is 77.8 Å². The molecule has 0 saturated heterocycles. The Hall–Kier alpha value is -1.27. The Morgan fingerprint density at radius 3 is 2.24 bits per heavy atom. The zero-order chi connectivity index (χ0) is 13.0. The molecule has 0 radical (unpaired) electrons. The molecule has 2 rings (SSSR count). The first-order valence-corrected chi connectivity index (χ1v) is 6.66. The smallest absolute Gasteiger partial charge is 0.244 e. The molecule has 1 aliphatic rings. The molecule has 1 aromatic rings. The fraction of sp³-hybridized carbons (Fsp3) is 0.455. The van der Waals surface area contributed by atoms with Gasteiger partial charge in [0, 0.05) is 18.2 Å². The van der Waals surface area contributed by atoms with Gasteiger partial charge in [-0.05, 0) is 32.4 Å². The molecule has 0 saturated carbocycles. The molecule has 0 atom stereocenters. The molecule has 6 heteroatoms. The van der Waals surface area contributed by atoms with E-state index >= 15 is 0 Å². The average molecular weight is 257 g/mol. The van der Waals surface area contributed by atoms with Gasteiger partial charge in [-0.3, -0.25) is 0 Å². The van der Waals surface area contributed by atoms with Gasteiger partial charge in [-0.2, -0.15) is 4.31 Å². The van der Waals surface area contributed by atoms with Crippen molar-refractivity contribution >= 4 is 10.0 Å². The summed E-state index contributed by atoms with van der Waals surface area (Å²) in [5.74, 6) is -0.710. The highest BCUT2D eigenvalue weighted by atomic mass is 32.2. The summed E-state index contributed by atoms with van der Waals surface area (Å²) in [6, 6.07) is 2.40. The van der Waals surface area contributed by atoms with Gasteiger partial charge in [0.05, 0.1) is 4.90 Å². The fourth-order valence-corrected chi connectivity index (χ4v) is 3.90. The molecule has 17 heavy (non-hydrogen) atoms. The average Bonchev–Trinajstić information content (AvgIpc) is 2.40. The lowest BCUT2D eigenvalue weighted by Gasteiger charge is -2.29. The highest BCUT2D eigenvalue weighted by Crippen LogP contribution is 2.40. The van der Waals surface area contributed by atoms with E-state index in [2.05, 4.69) is 0 Å².